The number of fused-ring (bicyclic) bond motifs is 1. The Hall–Kier alpha value is -3.66. The van der Waals surface area contributed by atoms with Crippen LogP contribution in [0.5, 0.6) is 0 Å². The monoisotopic (exact) mass is 583 g/mol. The highest BCUT2D eigenvalue weighted by molar-refractivity contribution is 5.81. The zero-order valence-corrected chi connectivity index (χ0v) is 20.8. The molecule has 2 aliphatic heterocycles. The van der Waals surface area contributed by atoms with E-state index in [0.29, 0.717) is 12.5 Å². The maximum absolute atomic E-state index is 12.4. The number of halogens is 6. The number of alkyl halides is 6. The van der Waals surface area contributed by atoms with Gasteiger partial charge in [0.2, 0.25) is 5.91 Å². The number of rotatable bonds is 6. The number of pyridine rings is 1. The molecule has 222 valence electrons. The van der Waals surface area contributed by atoms with Crippen LogP contribution >= 0.6 is 0 Å². The average Bonchev–Trinajstić information content (AvgIpc) is 3.54. The number of hydrogen-bond acceptors (Lipinski definition) is 7. The number of ether oxygens (including phenoxy) is 1. The molecule has 2 aliphatic rings. The SMILES string of the molecule is O=C(NCCc1ccccn1)[C@H]1C[C@@H]2CCN(Cc3ccco3)C[C@@H]2O1.O=C(O)C(F)(F)F.O=C(O)C(F)(F)F. The first kappa shape index (κ1) is 32.6. The number of carbonyl (C=O) groups is 3. The van der Waals surface area contributed by atoms with E-state index in [-0.39, 0.29) is 18.1 Å². The molecule has 2 fully saturated rings. The molecule has 16 heteroatoms. The normalized spacial score (nSPS) is 20.7. The Bertz CT molecular complexity index is 1060. The van der Waals surface area contributed by atoms with Gasteiger partial charge in [0.15, 0.2) is 0 Å². The maximum Gasteiger partial charge on any atom is 0.490 e. The Morgan fingerprint density at radius 3 is 2.20 bits per heavy atom. The molecule has 0 aromatic carbocycles. The lowest BCUT2D eigenvalue weighted by Crippen LogP contribution is -2.42. The molecule has 0 radical (unpaired) electrons. The first-order valence-corrected chi connectivity index (χ1v) is 11.8. The second-order valence-electron chi connectivity index (χ2n) is 8.73. The van der Waals surface area contributed by atoms with Gasteiger partial charge in [-0.3, -0.25) is 14.7 Å². The second kappa shape index (κ2) is 14.6. The van der Waals surface area contributed by atoms with Gasteiger partial charge in [0.05, 0.1) is 18.9 Å². The quantitative estimate of drug-likeness (QED) is 0.437. The zero-order chi connectivity index (χ0) is 29.9. The summed E-state index contributed by atoms with van der Waals surface area (Å²) in [4.78, 5) is 36.8. The van der Waals surface area contributed by atoms with Crippen molar-refractivity contribution in [3.05, 3.63) is 54.2 Å². The van der Waals surface area contributed by atoms with Crippen LogP contribution in [-0.2, 0) is 32.1 Å². The number of furan rings is 1. The Kier molecular flexibility index (Phi) is 11.9. The molecule has 3 atom stereocenters. The van der Waals surface area contributed by atoms with Crippen LogP contribution in [0.4, 0.5) is 26.3 Å². The minimum absolute atomic E-state index is 0.00733. The van der Waals surface area contributed by atoms with Gasteiger partial charge in [-0.2, -0.15) is 26.3 Å². The lowest BCUT2D eigenvalue weighted by Gasteiger charge is -2.33. The molecule has 2 aromatic rings. The predicted molar refractivity (Wildman–Crippen MR) is 124 cm³/mol. The van der Waals surface area contributed by atoms with Gasteiger partial charge in [0, 0.05) is 31.4 Å². The summed E-state index contributed by atoms with van der Waals surface area (Å²) in [7, 11) is 0. The molecule has 2 saturated heterocycles. The Balaban J connectivity index is 0.000000333. The Morgan fingerprint density at radius 2 is 1.68 bits per heavy atom. The summed E-state index contributed by atoms with van der Waals surface area (Å²) in [5.41, 5.74) is 0.988. The summed E-state index contributed by atoms with van der Waals surface area (Å²) in [6, 6.07) is 9.74. The van der Waals surface area contributed by atoms with E-state index in [0.717, 1.165) is 50.4 Å². The fourth-order valence-corrected chi connectivity index (χ4v) is 3.90. The number of aliphatic carboxylic acids is 2. The molecule has 0 saturated carbocycles. The number of likely N-dealkylation sites (tertiary alicyclic amines) is 1. The fraction of sp³-hybridized carbons (Fsp3) is 0.500. The number of carboxylic acid groups (broad SMARTS) is 2. The van der Waals surface area contributed by atoms with Gasteiger partial charge in [-0.25, -0.2) is 9.59 Å². The number of nitrogens with zero attached hydrogens (tertiary/aromatic N) is 2. The maximum atomic E-state index is 12.4. The van der Waals surface area contributed by atoms with Crippen molar-refractivity contribution in [2.75, 3.05) is 19.6 Å². The van der Waals surface area contributed by atoms with Gasteiger partial charge >= 0.3 is 24.3 Å². The van der Waals surface area contributed by atoms with Gasteiger partial charge in [-0.1, -0.05) is 6.07 Å². The third-order valence-electron chi connectivity index (χ3n) is 5.78. The molecule has 10 nitrogen and oxygen atoms in total. The number of piperidine rings is 1. The van der Waals surface area contributed by atoms with Crippen molar-refractivity contribution in [1.29, 1.82) is 0 Å². The van der Waals surface area contributed by atoms with E-state index in [9.17, 15) is 31.1 Å². The van der Waals surface area contributed by atoms with Crippen molar-refractivity contribution in [2.45, 2.75) is 50.4 Å². The average molecular weight is 583 g/mol. The summed E-state index contributed by atoms with van der Waals surface area (Å²) >= 11 is 0. The molecule has 2 aromatic heterocycles. The lowest BCUT2D eigenvalue weighted by atomic mass is 9.91. The topological polar surface area (TPSA) is 142 Å². The third-order valence-corrected chi connectivity index (χ3v) is 5.78. The minimum Gasteiger partial charge on any atom is -0.475 e. The largest absolute Gasteiger partial charge is 0.490 e. The van der Waals surface area contributed by atoms with Crippen molar-refractivity contribution in [2.24, 2.45) is 5.92 Å². The van der Waals surface area contributed by atoms with Gasteiger partial charge in [0.1, 0.15) is 11.9 Å². The fourth-order valence-electron chi connectivity index (χ4n) is 3.90. The molecule has 0 spiro atoms. The van der Waals surface area contributed by atoms with Crippen molar-refractivity contribution in [1.82, 2.24) is 15.2 Å². The molecule has 0 bridgehead atoms. The summed E-state index contributed by atoms with van der Waals surface area (Å²) in [6.45, 7) is 3.29. The molecule has 3 N–H and O–H groups in total. The van der Waals surface area contributed by atoms with E-state index in [2.05, 4.69) is 15.2 Å². The molecule has 1 amide bonds. The molecular formula is C24H27F6N3O7. The van der Waals surface area contributed by atoms with E-state index in [1.807, 2.05) is 30.3 Å². The van der Waals surface area contributed by atoms with Crippen LogP contribution < -0.4 is 5.32 Å². The molecule has 4 rings (SSSR count). The van der Waals surface area contributed by atoms with E-state index in [4.69, 9.17) is 29.0 Å². The number of carboxylic acids is 2. The summed E-state index contributed by atoms with van der Waals surface area (Å²) in [5, 5.41) is 17.2. The first-order valence-electron chi connectivity index (χ1n) is 11.8. The van der Waals surface area contributed by atoms with Crippen LogP contribution in [0.2, 0.25) is 0 Å². The van der Waals surface area contributed by atoms with Crippen LogP contribution in [0.25, 0.3) is 0 Å². The second-order valence-corrected chi connectivity index (χ2v) is 8.73. The predicted octanol–water partition coefficient (Wildman–Crippen LogP) is 3.28. The van der Waals surface area contributed by atoms with Crippen LogP contribution in [-0.4, -0.2) is 82.1 Å². The Labute approximate surface area is 223 Å². The van der Waals surface area contributed by atoms with Crippen LogP contribution in [0, 0.1) is 5.92 Å². The van der Waals surface area contributed by atoms with Gasteiger partial charge in [-0.05, 0) is 49.6 Å². The van der Waals surface area contributed by atoms with Gasteiger partial charge in [0.25, 0.3) is 0 Å². The number of nitrogens with one attached hydrogen (secondary N) is 1. The highest BCUT2D eigenvalue weighted by atomic mass is 19.4. The third kappa shape index (κ3) is 11.2. The molecule has 0 unspecified atom stereocenters. The summed E-state index contributed by atoms with van der Waals surface area (Å²) in [6.07, 6.45) is -4.22. The van der Waals surface area contributed by atoms with Gasteiger partial charge in [-0.15, -0.1) is 0 Å². The van der Waals surface area contributed by atoms with Crippen LogP contribution in [0.15, 0.2) is 47.2 Å². The molecular weight excluding hydrogens is 556 g/mol. The van der Waals surface area contributed by atoms with Gasteiger partial charge < -0.3 is 24.7 Å². The Morgan fingerprint density at radius 1 is 1.02 bits per heavy atom. The summed E-state index contributed by atoms with van der Waals surface area (Å²) < 4.78 is 75.0. The van der Waals surface area contributed by atoms with Crippen LogP contribution in [0.1, 0.15) is 24.3 Å². The molecule has 40 heavy (non-hydrogen) atoms. The first-order chi connectivity index (χ1) is 18.7. The van der Waals surface area contributed by atoms with Crippen LogP contribution in [0.3, 0.4) is 0 Å². The highest BCUT2D eigenvalue weighted by Crippen LogP contribution is 2.33. The lowest BCUT2D eigenvalue weighted by molar-refractivity contribution is -0.193. The van der Waals surface area contributed by atoms with Crippen molar-refractivity contribution >= 4 is 17.8 Å². The van der Waals surface area contributed by atoms with E-state index < -0.39 is 24.3 Å². The van der Waals surface area contributed by atoms with Crippen molar-refractivity contribution < 1.29 is 60.1 Å². The smallest absolute Gasteiger partial charge is 0.475 e. The highest BCUT2D eigenvalue weighted by Gasteiger charge is 2.42. The number of aromatic nitrogens is 1. The van der Waals surface area contributed by atoms with Crippen molar-refractivity contribution in [3.8, 4) is 0 Å². The van der Waals surface area contributed by atoms with E-state index in [1.54, 1.807) is 12.5 Å². The standard InChI is InChI=1S/C20H25N3O3.2C2HF3O2/c24-20(22-9-6-16-4-1-2-8-21-16)18-12-15-7-10-23(14-19(15)26-18)13-17-5-3-11-25-17;2*3-2(4,5)1(6)7/h1-5,8,11,15,18-19H,6-7,9-10,12-14H2,(H,22,24);2*(H,6,7)/t15-,18+,19-;;/m0../s1. The molecule has 0 aliphatic carbocycles. The van der Waals surface area contributed by atoms with E-state index >= 15 is 0 Å². The summed E-state index contributed by atoms with van der Waals surface area (Å²) in [5.74, 6) is -4.05. The molecule has 4 heterocycles. The number of amides is 1. The zero-order valence-electron chi connectivity index (χ0n) is 20.8. The number of hydrogen-bond donors (Lipinski definition) is 3. The minimum atomic E-state index is -5.08. The number of carbonyl (C=O) groups excluding carboxylic acids is 1. The van der Waals surface area contributed by atoms with E-state index in [1.165, 1.54) is 0 Å². The van der Waals surface area contributed by atoms with Crippen molar-refractivity contribution in [3.63, 3.8) is 0 Å².